The van der Waals surface area contributed by atoms with E-state index in [2.05, 4.69) is 10.3 Å². The number of hydrogen-bond acceptors (Lipinski definition) is 2. The van der Waals surface area contributed by atoms with Crippen LogP contribution in [0.25, 0.3) is 11.1 Å². The Labute approximate surface area is 135 Å². The summed E-state index contributed by atoms with van der Waals surface area (Å²) >= 11 is 0. The first kappa shape index (κ1) is 15.7. The van der Waals surface area contributed by atoms with E-state index in [0.29, 0.717) is 11.5 Å². The summed E-state index contributed by atoms with van der Waals surface area (Å²) in [7, 11) is 1.94. The lowest BCUT2D eigenvalue weighted by molar-refractivity contribution is 0.0675. The molecule has 23 heavy (non-hydrogen) atoms. The number of aromatic amines is 1. The number of aromatic nitrogens is 1. The molecule has 0 aliphatic carbocycles. The van der Waals surface area contributed by atoms with E-state index in [1.165, 1.54) is 12.1 Å². The quantitative estimate of drug-likeness (QED) is 0.911. The first-order chi connectivity index (χ1) is 11.2. The second-order valence-corrected chi connectivity index (χ2v) is 6.11. The van der Waals surface area contributed by atoms with Crippen molar-refractivity contribution in [2.45, 2.75) is 12.8 Å². The largest absolute Gasteiger partial charge is 0.366 e. The number of likely N-dealkylation sites (tertiary alicyclic amines) is 1. The van der Waals surface area contributed by atoms with Crippen LogP contribution in [0.1, 0.15) is 23.2 Å². The first-order valence-electron chi connectivity index (χ1n) is 8.05. The molecule has 1 aliphatic rings. The van der Waals surface area contributed by atoms with Gasteiger partial charge in [0.2, 0.25) is 0 Å². The number of nitrogens with zero attached hydrogens (tertiary/aromatic N) is 1. The molecule has 1 atom stereocenters. The van der Waals surface area contributed by atoms with Crippen LogP contribution in [0.5, 0.6) is 0 Å². The predicted octanol–water partition coefficient (Wildman–Crippen LogP) is 2.89. The Balaban J connectivity index is 1.80. The summed E-state index contributed by atoms with van der Waals surface area (Å²) in [4.78, 5) is 17.8. The third kappa shape index (κ3) is 3.45. The van der Waals surface area contributed by atoms with Crippen molar-refractivity contribution in [3.63, 3.8) is 0 Å². The Morgan fingerprint density at radius 3 is 2.87 bits per heavy atom. The zero-order chi connectivity index (χ0) is 16.2. The summed E-state index contributed by atoms with van der Waals surface area (Å²) < 4.78 is 13.1. The minimum Gasteiger partial charge on any atom is -0.366 e. The maximum Gasteiger partial charge on any atom is 0.256 e. The van der Waals surface area contributed by atoms with Gasteiger partial charge in [-0.15, -0.1) is 0 Å². The van der Waals surface area contributed by atoms with Crippen molar-refractivity contribution in [2.75, 3.05) is 26.7 Å². The number of carbonyl (C=O) groups is 1. The molecule has 5 heteroatoms. The van der Waals surface area contributed by atoms with Gasteiger partial charge in [-0.3, -0.25) is 4.79 Å². The molecule has 1 fully saturated rings. The summed E-state index contributed by atoms with van der Waals surface area (Å²) in [6.07, 6.45) is 5.73. The lowest BCUT2D eigenvalue weighted by Crippen LogP contribution is -2.42. The van der Waals surface area contributed by atoms with Crippen LogP contribution in [0.15, 0.2) is 36.7 Å². The highest BCUT2D eigenvalue weighted by Crippen LogP contribution is 2.26. The summed E-state index contributed by atoms with van der Waals surface area (Å²) in [6.45, 7) is 2.52. The zero-order valence-electron chi connectivity index (χ0n) is 13.3. The van der Waals surface area contributed by atoms with Gasteiger partial charge in [-0.05, 0) is 50.0 Å². The third-order valence-electron chi connectivity index (χ3n) is 4.43. The van der Waals surface area contributed by atoms with E-state index in [4.69, 9.17) is 0 Å². The lowest BCUT2D eigenvalue weighted by Gasteiger charge is -2.32. The smallest absolute Gasteiger partial charge is 0.256 e. The Morgan fingerprint density at radius 1 is 1.35 bits per heavy atom. The number of piperidine rings is 1. The molecule has 0 bridgehead atoms. The van der Waals surface area contributed by atoms with Crippen molar-refractivity contribution in [3.8, 4) is 11.1 Å². The highest BCUT2D eigenvalue weighted by atomic mass is 19.1. The average molecular weight is 315 g/mol. The SMILES string of the molecule is CNCC1CCCN(C(=O)c2c[nH]cc2-c2ccc(F)cc2)C1. The first-order valence-corrected chi connectivity index (χ1v) is 8.05. The van der Waals surface area contributed by atoms with Crippen molar-refractivity contribution >= 4 is 5.91 Å². The van der Waals surface area contributed by atoms with Gasteiger partial charge >= 0.3 is 0 Å². The maximum absolute atomic E-state index is 13.1. The van der Waals surface area contributed by atoms with Crippen LogP contribution in [-0.2, 0) is 0 Å². The van der Waals surface area contributed by atoms with Crippen molar-refractivity contribution in [3.05, 3.63) is 48.0 Å². The fourth-order valence-corrected chi connectivity index (χ4v) is 3.28. The van der Waals surface area contributed by atoms with Crippen LogP contribution in [0, 0.1) is 11.7 Å². The number of nitrogens with one attached hydrogen (secondary N) is 2. The van der Waals surface area contributed by atoms with E-state index in [1.54, 1.807) is 24.5 Å². The normalized spacial score (nSPS) is 18.2. The number of rotatable bonds is 4. The number of hydrogen-bond donors (Lipinski definition) is 2. The molecule has 2 heterocycles. The van der Waals surface area contributed by atoms with Gasteiger partial charge in [-0.25, -0.2) is 4.39 Å². The van der Waals surface area contributed by atoms with Crippen LogP contribution in [0.4, 0.5) is 4.39 Å². The van der Waals surface area contributed by atoms with E-state index in [-0.39, 0.29) is 11.7 Å². The minimum atomic E-state index is -0.275. The standard InChI is InChI=1S/C18H22FN3O/c1-20-9-13-3-2-8-22(12-13)18(23)17-11-21-10-16(17)14-4-6-15(19)7-5-14/h4-7,10-11,13,20-21H,2-3,8-9,12H2,1H3. The molecule has 0 spiro atoms. The number of H-pyrrole nitrogens is 1. The highest BCUT2D eigenvalue weighted by Gasteiger charge is 2.26. The van der Waals surface area contributed by atoms with Gasteiger partial charge in [0.05, 0.1) is 5.56 Å². The lowest BCUT2D eigenvalue weighted by atomic mass is 9.96. The molecule has 1 saturated heterocycles. The van der Waals surface area contributed by atoms with Crippen molar-refractivity contribution in [1.82, 2.24) is 15.2 Å². The molecule has 3 rings (SSSR count). The molecule has 4 nitrogen and oxygen atoms in total. The molecule has 0 radical (unpaired) electrons. The van der Waals surface area contributed by atoms with Gasteiger partial charge in [0.15, 0.2) is 0 Å². The van der Waals surface area contributed by atoms with Crippen LogP contribution in [-0.4, -0.2) is 42.5 Å². The van der Waals surface area contributed by atoms with E-state index in [1.807, 2.05) is 11.9 Å². The van der Waals surface area contributed by atoms with Gasteiger partial charge in [0.25, 0.3) is 5.91 Å². The van der Waals surface area contributed by atoms with Gasteiger partial charge < -0.3 is 15.2 Å². The van der Waals surface area contributed by atoms with E-state index in [0.717, 1.165) is 43.6 Å². The molecule has 1 aromatic carbocycles. The molecule has 122 valence electrons. The van der Waals surface area contributed by atoms with Gasteiger partial charge in [-0.1, -0.05) is 12.1 Å². The molecule has 2 aromatic rings. The van der Waals surface area contributed by atoms with E-state index in [9.17, 15) is 9.18 Å². The summed E-state index contributed by atoms with van der Waals surface area (Å²) in [5.74, 6) is 0.278. The number of benzene rings is 1. The molecule has 2 N–H and O–H groups in total. The number of carbonyl (C=O) groups excluding carboxylic acids is 1. The molecule has 1 unspecified atom stereocenters. The second-order valence-electron chi connectivity index (χ2n) is 6.11. The summed E-state index contributed by atoms with van der Waals surface area (Å²) in [5.41, 5.74) is 2.33. The highest BCUT2D eigenvalue weighted by molar-refractivity contribution is 6.00. The Hall–Kier alpha value is -2.14. The Morgan fingerprint density at radius 2 is 2.13 bits per heavy atom. The van der Waals surface area contributed by atoms with Gasteiger partial charge in [-0.2, -0.15) is 0 Å². The summed E-state index contributed by atoms with van der Waals surface area (Å²) in [6, 6.07) is 6.24. The van der Waals surface area contributed by atoms with Crippen molar-refractivity contribution < 1.29 is 9.18 Å². The van der Waals surface area contributed by atoms with E-state index < -0.39 is 0 Å². The second kappa shape index (κ2) is 6.96. The van der Waals surface area contributed by atoms with Crippen molar-refractivity contribution in [1.29, 1.82) is 0 Å². The maximum atomic E-state index is 13.1. The van der Waals surface area contributed by atoms with Crippen LogP contribution >= 0.6 is 0 Å². The average Bonchev–Trinajstić information content (AvgIpc) is 3.05. The molecule has 0 saturated carbocycles. The van der Waals surface area contributed by atoms with Crippen LogP contribution in [0.2, 0.25) is 0 Å². The zero-order valence-corrected chi connectivity index (χ0v) is 13.3. The fourth-order valence-electron chi connectivity index (χ4n) is 3.28. The molecule has 1 aliphatic heterocycles. The van der Waals surface area contributed by atoms with Gasteiger partial charge in [0, 0.05) is 31.0 Å². The summed E-state index contributed by atoms with van der Waals surface area (Å²) in [5, 5.41) is 3.19. The number of halogens is 1. The molecular weight excluding hydrogens is 293 g/mol. The van der Waals surface area contributed by atoms with Crippen LogP contribution in [0.3, 0.4) is 0 Å². The minimum absolute atomic E-state index is 0.0476. The Kier molecular flexibility index (Phi) is 4.76. The Bertz CT molecular complexity index is 663. The monoisotopic (exact) mass is 315 g/mol. The van der Waals surface area contributed by atoms with Crippen molar-refractivity contribution in [2.24, 2.45) is 5.92 Å². The predicted molar refractivity (Wildman–Crippen MR) is 88.7 cm³/mol. The van der Waals surface area contributed by atoms with E-state index >= 15 is 0 Å². The molecular formula is C18H22FN3O. The molecule has 1 amide bonds. The third-order valence-corrected chi connectivity index (χ3v) is 4.43. The number of amides is 1. The topological polar surface area (TPSA) is 48.1 Å². The fraction of sp³-hybridized carbons (Fsp3) is 0.389. The molecule has 1 aromatic heterocycles. The van der Waals surface area contributed by atoms with Gasteiger partial charge in [0.1, 0.15) is 5.82 Å². The van der Waals surface area contributed by atoms with Crippen LogP contribution < -0.4 is 5.32 Å².